The Balaban J connectivity index is 1.35. The molecule has 2 aromatic rings. The van der Waals surface area contributed by atoms with Gasteiger partial charge in [-0.1, -0.05) is 29.3 Å². The summed E-state index contributed by atoms with van der Waals surface area (Å²) in [6, 6.07) is 11.6. The second-order valence-corrected chi connectivity index (χ2v) is 9.08. The lowest BCUT2D eigenvalue weighted by atomic mass is 9.96. The Kier molecular flexibility index (Phi) is 9.23. The van der Waals surface area contributed by atoms with E-state index in [1.807, 2.05) is 18.2 Å². The highest BCUT2D eigenvalue weighted by atomic mass is 35.5. The molecule has 0 aliphatic carbocycles. The number of nitrogens with one attached hydrogen (secondary N) is 3. The van der Waals surface area contributed by atoms with E-state index in [0.29, 0.717) is 33.9 Å². The number of carbonyl (C=O) groups is 2. The number of hydrogen-bond donors (Lipinski definition) is 3. The second-order valence-electron chi connectivity index (χ2n) is 8.26. The van der Waals surface area contributed by atoms with Crippen molar-refractivity contribution in [3.63, 3.8) is 0 Å². The number of hydrogen-bond acceptors (Lipinski definition) is 4. The lowest BCUT2D eigenvalue weighted by Crippen LogP contribution is -2.48. The molecule has 3 N–H and O–H groups in total. The molecule has 7 nitrogen and oxygen atoms in total. The first-order valence-corrected chi connectivity index (χ1v) is 11.7. The molecule has 0 saturated carbocycles. The number of amides is 3. The number of anilines is 1. The van der Waals surface area contributed by atoms with Gasteiger partial charge in [0.05, 0.1) is 17.2 Å². The van der Waals surface area contributed by atoms with Crippen molar-refractivity contribution < 1.29 is 14.3 Å². The molecule has 0 spiro atoms. The summed E-state index contributed by atoms with van der Waals surface area (Å²) in [7, 11) is 1.58. The van der Waals surface area contributed by atoms with Gasteiger partial charge in [-0.3, -0.25) is 9.69 Å². The molecule has 3 amide bonds. The summed E-state index contributed by atoms with van der Waals surface area (Å²) < 4.78 is 5.09. The largest absolute Gasteiger partial charge is 0.497 e. The second kappa shape index (κ2) is 12.1. The highest BCUT2D eigenvalue weighted by molar-refractivity contribution is 6.42. The van der Waals surface area contributed by atoms with Gasteiger partial charge >= 0.3 is 6.03 Å². The van der Waals surface area contributed by atoms with Crippen LogP contribution < -0.4 is 20.7 Å². The number of ether oxygens (including phenoxy) is 1. The molecular formula is C24H30Cl2N4O3. The molecule has 1 heterocycles. The molecule has 1 atom stereocenters. The molecule has 1 aliphatic rings. The summed E-state index contributed by atoms with van der Waals surface area (Å²) >= 11 is 12.1. The van der Waals surface area contributed by atoms with E-state index in [1.165, 1.54) is 0 Å². The first-order valence-electron chi connectivity index (χ1n) is 11.0. The van der Waals surface area contributed by atoms with Gasteiger partial charge in [-0.05, 0) is 80.7 Å². The molecule has 178 valence electrons. The lowest BCUT2D eigenvalue weighted by Gasteiger charge is -2.32. The lowest BCUT2D eigenvalue weighted by molar-refractivity contribution is -0.122. The number of halogens is 2. The van der Waals surface area contributed by atoms with Crippen molar-refractivity contribution in [1.29, 1.82) is 0 Å². The van der Waals surface area contributed by atoms with Gasteiger partial charge in [-0.2, -0.15) is 0 Å². The van der Waals surface area contributed by atoms with Crippen LogP contribution >= 0.6 is 23.2 Å². The van der Waals surface area contributed by atoms with Crippen LogP contribution in [0.1, 0.15) is 25.3 Å². The molecule has 3 rings (SSSR count). The zero-order chi connectivity index (χ0) is 23.8. The molecule has 0 aromatic heterocycles. The Labute approximate surface area is 204 Å². The zero-order valence-electron chi connectivity index (χ0n) is 18.9. The summed E-state index contributed by atoms with van der Waals surface area (Å²) in [4.78, 5) is 27.0. The Morgan fingerprint density at radius 3 is 2.42 bits per heavy atom. The van der Waals surface area contributed by atoms with Crippen molar-refractivity contribution in [1.82, 2.24) is 15.5 Å². The van der Waals surface area contributed by atoms with E-state index in [-0.39, 0.29) is 5.91 Å². The minimum absolute atomic E-state index is 0.196. The minimum Gasteiger partial charge on any atom is -0.497 e. The van der Waals surface area contributed by atoms with Crippen LogP contribution in [-0.2, 0) is 11.3 Å². The first kappa shape index (κ1) is 25.1. The van der Waals surface area contributed by atoms with Crippen molar-refractivity contribution in [3.05, 3.63) is 58.1 Å². The Hall–Kier alpha value is -2.48. The SMILES string of the molecule is COc1ccc(NC(=O)N[C@@H](C)C(=O)NCC2CCN(Cc3ccc(Cl)c(Cl)c3)CC2)cc1. The third kappa shape index (κ3) is 7.81. The zero-order valence-corrected chi connectivity index (χ0v) is 20.4. The van der Waals surface area contributed by atoms with Crippen LogP contribution in [0.3, 0.4) is 0 Å². The van der Waals surface area contributed by atoms with E-state index >= 15 is 0 Å². The number of methoxy groups -OCH3 is 1. The average Bonchev–Trinajstić information content (AvgIpc) is 2.81. The molecule has 2 aromatic carbocycles. The predicted octanol–water partition coefficient (Wildman–Crippen LogP) is 4.54. The van der Waals surface area contributed by atoms with E-state index < -0.39 is 12.1 Å². The van der Waals surface area contributed by atoms with Crippen LogP contribution in [-0.4, -0.2) is 49.6 Å². The number of nitrogens with zero attached hydrogens (tertiary/aromatic N) is 1. The molecule has 1 saturated heterocycles. The smallest absolute Gasteiger partial charge is 0.319 e. The summed E-state index contributed by atoms with van der Waals surface area (Å²) in [6.07, 6.45) is 2.00. The normalized spacial score (nSPS) is 15.5. The Morgan fingerprint density at radius 1 is 1.09 bits per heavy atom. The summed E-state index contributed by atoms with van der Waals surface area (Å²) in [5.74, 6) is 0.923. The van der Waals surface area contributed by atoms with E-state index in [0.717, 1.165) is 38.0 Å². The third-order valence-electron chi connectivity index (χ3n) is 5.75. The molecule has 1 aliphatic heterocycles. The standard InChI is InChI=1S/C24H30Cl2N4O3/c1-16(28-24(32)29-19-4-6-20(33-2)7-5-19)23(31)27-14-17-9-11-30(12-10-17)15-18-3-8-21(25)22(26)13-18/h3-8,13,16-17H,9-12,14-15H2,1-2H3,(H,27,31)(H2,28,29,32)/t16-/m0/s1. The molecule has 9 heteroatoms. The fourth-order valence-corrected chi connectivity index (χ4v) is 4.07. The number of benzene rings is 2. The number of likely N-dealkylation sites (tertiary alicyclic amines) is 1. The minimum atomic E-state index is -0.641. The third-order valence-corrected chi connectivity index (χ3v) is 6.49. The van der Waals surface area contributed by atoms with Gasteiger partial charge in [0, 0.05) is 18.8 Å². The van der Waals surface area contributed by atoms with Crippen molar-refractivity contribution in [2.24, 2.45) is 5.92 Å². The van der Waals surface area contributed by atoms with E-state index in [1.54, 1.807) is 38.3 Å². The maximum atomic E-state index is 12.4. The number of carbonyl (C=O) groups excluding carboxylic acids is 2. The van der Waals surface area contributed by atoms with Crippen LogP contribution in [0.15, 0.2) is 42.5 Å². The molecule has 0 radical (unpaired) electrons. The predicted molar refractivity (Wildman–Crippen MR) is 132 cm³/mol. The van der Waals surface area contributed by atoms with Gasteiger partial charge in [0.25, 0.3) is 0 Å². The molecule has 0 bridgehead atoms. The maximum absolute atomic E-state index is 12.4. The Morgan fingerprint density at radius 2 is 1.79 bits per heavy atom. The van der Waals surface area contributed by atoms with Crippen molar-refractivity contribution >= 4 is 40.8 Å². The Bertz CT molecular complexity index is 947. The average molecular weight is 493 g/mol. The van der Waals surface area contributed by atoms with Gasteiger partial charge < -0.3 is 20.7 Å². The molecule has 33 heavy (non-hydrogen) atoms. The maximum Gasteiger partial charge on any atom is 0.319 e. The highest BCUT2D eigenvalue weighted by Gasteiger charge is 2.22. The number of urea groups is 1. The number of rotatable bonds is 8. The van der Waals surface area contributed by atoms with Crippen LogP contribution in [0.25, 0.3) is 0 Å². The van der Waals surface area contributed by atoms with Gasteiger partial charge in [0.2, 0.25) is 5.91 Å². The van der Waals surface area contributed by atoms with E-state index in [2.05, 4.69) is 20.9 Å². The van der Waals surface area contributed by atoms with Crippen LogP contribution in [0.4, 0.5) is 10.5 Å². The summed E-state index contributed by atoms with van der Waals surface area (Å²) in [5, 5.41) is 9.48. The fraction of sp³-hybridized carbons (Fsp3) is 0.417. The summed E-state index contributed by atoms with van der Waals surface area (Å²) in [6.45, 7) is 5.02. The highest BCUT2D eigenvalue weighted by Crippen LogP contribution is 2.24. The van der Waals surface area contributed by atoms with Gasteiger partial charge in [-0.15, -0.1) is 0 Å². The van der Waals surface area contributed by atoms with E-state index in [4.69, 9.17) is 27.9 Å². The topological polar surface area (TPSA) is 82.7 Å². The van der Waals surface area contributed by atoms with Crippen molar-refractivity contribution in [3.8, 4) is 5.75 Å². The molecular weight excluding hydrogens is 463 g/mol. The van der Waals surface area contributed by atoms with Crippen LogP contribution in [0, 0.1) is 5.92 Å². The van der Waals surface area contributed by atoms with Crippen LogP contribution in [0.5, 0.6) is 5.75 Å². The van der Waals surface area contributed by atoms with Gasteiger partial charge in [0.1, 0.15) is 11.8 Å². The van der Waals surface area contributed by atoms with E-state index in [9.17, 15) is 9.59 Å². The van der Waals surface area contributed by atoms with Gasteiger partial charge in [0.15, 0.2) is 0 Å². The van der Waals surface area contributed by atoms with Crippen LogP contribution in [0.2, 0.25) is 10.0 Å². The van der Waals surface area contributed by atoms with Crippen molar-refractivity contribution in [2.75, 3.05) is 32.1 Å². The first-order chi connectivity index (χ1) is 15.8. The number of piperidine rings is 1. The van der Waals surface area contributed by atoms with Gasteiger partial charge in [-0.25, -0.2) is 4.79 Å². The monoisotopic (exact) mass is 492 g/mol. The van der Waals surface area contributed by atoms with Crippen molar-refractivity contribution in [2.45, 2.75) is 32.4 Å². The molecule has 1 fully saturated rings. The molecule has 0 unspecified atom stereocenters. The summed E-state index contributed by atoms with van der Waals surface area (Å²) in [5.41, 5.74) is 1.76. The quantitative estimate of drug-likeness (QED) is 0.505. The fourth-order valence-electron chi connectivity index (χ4n) is 3.75.